The largest absolute Gasteiger partial charge is 0.345 e. The van der Waals surface area contributed by atoms with Crippen molar-refractivity contribution in [2.45, 2.75) is 6.42 Å². The highest BCUT2D eigenvalue weighted by Gasteiger charge is 2.18. The average molecular weight is 227 g/mol. The lowest BCUT2D eigenvalue weighted by molar-refractivity contribution is -0.0614. The number of hydroxylamine groups is 2. The molecule has 0 radical (unpaired) electrons. The Bertz CT molecular complexity index is 347. The third-order valence-electron chi connectivity index (χ3n) is 2.07. The van der Waals surface area contributed by atoms with Crippen LogP contribution in [0.1, 0.15) is 6.42 Å². The fraction of sp³-hybridized carbons (Fsp3) is 0.300. The van der Waals surface area contributed by atoms with Gasteiger partial charge in [0.15, 0.2) is 0 Å². The molecule has 1 heterocycles. The lowest BCUT2D eigenvalue weighted by Crippen LogP contribution is -2.31. The van der Waals surface area contributed by atoms with Crippen molar-refractivity contribution in [3.05, 3.63) is 29.3 Å². The molecular weight excluding hydrogens is 216 g/mol. The molecular formula is C10H11ClN2O2. The predicted molar refractivity (Wildman–Crippen MR) is 57.7 cm³/mol. The van der Waals surface area contributed by atoms with E-state index in [1.54, 1.807) is 24.3 Å². The molecule has 5 heteroatoms. The summed E-state index contributed by atoms with van der Waals surface area (Å²) in [4.78, 5) is 16.7. The first kappa shape index (κ1) is 10.3. The number of nitrogens with zero attached hydrogens (tertiary/aromatic N) is 1. The van der Waals surface area contributed by atoms with Gasteiger partial charge in [0, 0.05) is 10.7 Å². The van der Waals surface area contributed by atoms with E-state index in [0.717, 1.165) is 6.42 Å². The Hall–Kier alpha value is -1.26. The summed E-state index contributed by atoms with van der Waals surface area (Å²) in [6.45, 7) is 1.24. The van der Waals surface area contributed by atoms with E-state index in [-0.39, 0.29) is 6.03 Å². The smallest absolute Gasteiger partial charge is 0.306 e. The zero-order valence-electron chi connectivity index (χ0n) is 8.07. The van der Waals surface area contributed by atoms with Crippen LogP contribution in [-0.2, 0) is 4.84 Å². The van der Waals surface area contributed by atoms with Crippen LogP contribution in [-0.4, -0.2) is 24.2 Å². The summed E-state index contributed by atoms with van der Waals surface area (Å²) in [5.74, 6) is 0. The number of carbonyl (C=O) groups excluding carboxylic acids is 1. The summed E-state index contributed by atoms with van der Waals surface area (Å²) in [6.07, 6.45) is 0.883. The van der Waals surface area contributed by atoms with Gasteiger partial charge in [0.2, 0.25) is 0 Å². The quantitative estimate of drug-likeness (QED) is 0.800. The normalized spacial score (nSPS) is 15.4. The molecule has 0 aliphatic carbocycles. The third-order valence-corrected chi connectivity index (χ3v) is 2.33. The van der Waals surface area contributed by atoms with Crippen molar-refractivity contribution in [3.8, 4) is 0 Å². The number of amides is 2. The summed E-state index contributed by atoms with van der Waals surface area (Å²) in [7, 11) is 0. The van der Waals surface area contributed by atoms with Crippen molar-refractivity contribution in [1.82, 2.24) is 5.06 Å². The van der Waals surface area contributed by atoms with Gasteiger partial charge >= 0.3 is 6.03 Å². The number of nitrogens with one attached hydrogen (secondary N) is 1. The Morgan fingerprint density at radius 1 is 1.40 bits per heavy atom. The van der Waals surface area contributed by atoms with Crippen LogP contribution in [0.4, 0.5) is 10.5 Å². The second-order valence-electron chi connectivity index (χ2n) is 3.23. The first-order valence-electron chi connectivity index (χ1n) is 4.73. The van der Waals surface area contributed by atoms with Gasteiger partial charge in [-0.2, -0.15) is 0 Å². The molecule has 0 bridgehead atoms. The van der Waals surface area contributed by atoms with Crippen LogP contribution in [0.25, 0.3) is 0 Å². The summed E-state index contributed by atoms with van der Waals surface area (Å²) in [6, 6.07) is 6.70. The average Bonchev–Trinajstić information content (AvgIpc) is 2.74. The van der Waals surface area contributed by atoms with E-state index in [9.17, 15) is 4.79 Å². The molecule has 1 aromatic rings. The molecule has 1 aromatic carbocycles. The monoisotopic (exact) mass is 226 g/mol. The van der Waals surface area contributed by atoms with E-state index < -0.39 is 0 Å². The number of hydrogen-bond acceptors (Lipinski definition) is 2. The molecule has 2 amide bonds. The highest BCUT2D eigenvalue weighted by Crippen LogP contribution is 2.14. The molecule has 0 atom stereocenters. The van der Waals surface area contributed by atoms with Crippen LogP contribution in [0, 0.1) is 0 Å². The van der Waals surface area contributed by atoms with Crippen LogP contribution in [0.3, 0.4) is 0 Å². The van der Waals surface area contributed by atoms with Crippen LogP contribution >= 0.6 is 11.6 Å². The van der Waals surface area contributed by atoms with Crippen LogP contribution < -0.4 is 5.32 Å². The first-order valence-corrected chi connectivity index (χ1v) is 5.10. The molecule has 80 valence electrons. The van der Waals surface area contributed by atoms with E-state index in [1.807, 2.05) is 0 Å². The molecule has 0 saturated carbocycles. The number of halogens is 1. The molecule has 4 nitrogen and oxygen atoms in total. The van der Waals surface area contributed by atoms with Gasteiger partial charge in [-0.3, -0.25) is 4.84 Å². The highest BCUT2D eigenvalue weighted by atomic mass is 35.5. The van der Waals surface area contributed by atoms with Gasteiger partial charge < -0.3 is 5.32 Å². The molecule has 1 aliphatic rings. The minimum Gasteiger partial charge on any atom is -0.306 e. The minimum atomic E-state index is -0.241. The summed E-state index contributed by atoms with van der Waals surface area (Å²) in [5.41, 5.74) is 0.708. The SMILES string of the molecule is O=C(Nc1ccc(Cl)cc1)N1CCCO1. The summed E-state index contributed by atoms with van der Waals surface area (Å²) in [5, 5.41) is 4.69. The summed E-state index contributed by atoms with van der Waals surface area (Å²) < 4.78 is 0. The van der Waals surface area contributed by atoms with Gasteiger partial charge in [0.05, 0.1) is 13.2 Å². The standard InChI is InChI=1S/C10H11ClN2O2/c11-8-2-4-9(5-3-8)12-10(14)13-6-1-7-15-13/h2-5H,1,6-7H2,(H,12,14). The van der Waals surface area contributed by atoms with Crippen molar-refractivity contribution in [2.24, 2.45) is 0 Å². The van der Waals surface area contributed by atoms with E-state index >= 15 is 0 Å². The zero-order valence-corrected chi connectivity index (χ0v) is 8.83. The lowest BCUT2D eigenvalue weighted by Gasteiger charge is -2.14. The van der Waals surface area contributed by atoms with Crippen LogP contribution in [0.2, 0.25) is 5.02 Å². The fourth-order valence-corrected chi connectivity index (χ4v) is 1.45. The number of rotatable bonds is 1. The van der Waals surface area contributed by atoms with Gasteiger partial charge in [-0.05, 0) is 30.7 Å². The Balaban J connectivity index is 1.96. The predicted octanol–water partition coefficient (Wildman–Crippen LogP) is 2.51. The van der Waals surface area contributed by atoms with E-state index in [2.05, 4.69) is 5.32 Å². The maximum Gasteiger partial charge on any atom is 0.345 e. The molecule has 15 heavy (non-hydrogen) atoms. The van der Waals surface area contributed by atoms with Crippen molar-refractivity contribution in [2.75, 3.05) is 18.5 Å². The second-order valence-corrected chi connectivity index (χ2v) is 3.66. The molecule has 1 saturated heterocycles. The maximum atomic E-state index is 11.6. The number of urea groups is 1. The number of benzene rings is 1. The second kappa shape index (κ2) is 4.51. The van der Waals surface area contributed by atoms with Crippen LogP contribution in [0.5, 0.6) is 0 Å². The molecule has 1 aliphatic heterocycles. The van der Waals surface area contributed by atoms with Crippen molar-refractivity contribution in [1.29, 1.82) is 0 Å². The van der Waals surface area contributed by atoms with Gasteiger partial charge in [0.25, 0.3) is 0 Å². The van der Waals surface area contributed by atoms with Crippen molar-refractivity contribution < 1.29 is 9.63 Å². The molecule has 0 spiro atoms. The molecule has 1 fully saturated rings. The lowest BCUT2D eigenvalue weighted by atomic mass is 10.3. The zero-order chi connectivity index (χ0) is 10.7. The van der Waals surface area contributed by atoms with Crippen molar-refractivity contribution >= 4 is 23.3 Å². The van der Waals surface area contributed by atoms with Gasteiger partial charge in [-0.1, -0.05) is 11.6 Å². The number of anilines is 1. The molecule has 1 N–H and O–H groups in total. The Kier molecular flexibility index (Phi) is 3.08. The van der Waals surface area contributed by atoms with Crippen molar-refractivity contribution in [3.63, 3.8) is 0 Å². The Morgan fingerprint density at radius 3 is 2.73 bits per heavy atom. The number of carbonyl (C=O) groups is 1. The minimum absolute atomic E-state index is 0.241. The maximum absolute atomic E-state index is 11.6. The third kappa shape index (κ3) is 2.61. The van der Waals surface area contributed by atoms with Gasteiger partial charge in [0.1, 0.15) is 0 Å². The highest BCUT2D eigenvalue weighted by molar-refractivity contribution is 6.30. The Morgan fingerprint density at radius 2 is 2.13 bits per heavy atom. The Labute approximate surface area is 92.7 Å². The number of hydrogen-bond donors (Lipinski definition) is 1. The molecule has 0 unspecified atom stereocenters. The topological polar surface area (TPSA) is 41.6 Å². The molecule has 0 aromatic heterocycles. The fourth-order valence-electron chi connectivity index (χ4n) is 1.33. The van der Waals surface area contributed by atoms with E-state index in [0.29, 0.717) is 23.9 Å². The van der Waals surface area contributed by atoms with Gasteiger partial charge in [-0.25, -0.2) is 9.86 Å². The first-order chi connectivity index (χ1) is 7.25. The summed E-state index contributed by atoms with van der Waals surface area (Å²) >= 11 is 5.73. The van der Waals surface area contributed by atoms with E-state index in [1.165, 1.54) is 5.06 Å². The van der Waals surface area contributed by atoms with Crippen LogP contribution in [0.15, 0.2) is 24.3 Å². The van der Waals surface area contributed by atoms with Gasteiger partial charge in [-0.15, -0.1) is 0 Å². The van der Waals surface area contributed by atoms with E-state index in [4.69, 9.17) is 16.4 Å². The molecule has 2 rings (SSSR count).